The Morgan fingerprint density at radius 1 is 1.24 bits per heavy atom. The van der Waals surface area contributed by atoms with E-state index in [0.29, 0.717) is 6.54 Å². The maximum atomic E-state index is 11.2. The van der Waals surface area contributed by atoms with Crippen LogP contribution in [0.5, 0.6) is 0 Å². The standard InChI is InChI=1S/C13H12N4O2S2/c14-21(18,19)12-3-1-10(2-4-12)8-17-6-5-15-13(17)11-7-16-20-9-11/h1-7,9H,8H2,(H2,14,18,19). The van der Waals surface area contributed by atoms with Gasteiger partial charge in [-0.3, -0.25) is 0 Å². The molecule has 8 heteroatoms. The van der Waals surface area contributed by atoms with Crippen LogP contribution in [0.1, 0.15) is 5.56 Å². The average Bonchev–Trinajstić information content (AvgIpc) is 3.08. The Bertz CT molecular complexity index is 837. The Morgan fingerprint density at radius 3 is 2.62 bits per heavy atom. The van der Waals surface area contributed by atoms with Gasteiger partial charge in [-0.05, 0) is 29.2 Å². The Hall–Kier alpha value is -2.03. The smallest absolute Gasteiger partial charge is 0.238 e. The first kappa shape index (κ1) is 13.9. The van der Waals surface area contributed by atoms with E-state index in [1.165, 1.54) is 23.7 Å². The summed E-state index contributed by atoms with van der Waals surface area (Å²) in [5.74, 6) is 0.833. The first-order valence-electron chi connectivity index (χ1n) is 6.07. The molecule has 2 N–H and O–H groups in total. The molecule has 2 aromatic heterocycles. The monoisotopic (exact) mass is 320 g/mol. The van der Waals surface area contributed by atoms with Gasteiger partial charge in [0, 0.05) is 29.9 Å². The van der Waals surface area contributed by atoms with E-state index >= 15 is 0 Å². The van der Waals surface area contributed by atoms with Gasteiger partial charge in [-0.15, -0.1) is 0 Å². The lowest BCUT2D eigenvalue weighted by Gasteiger charge is -2.07. The topological polar surface area (TPSA) is 90.9 Å². The lowest BCUT2D eigenvalue weighted by atomic mass is 10.2. The molecule has 0 atom stereocenters. The van der Waals surface area contributed by atoms with Gasteiger partial charge in [-0.1, -0.05) is 12.1 Å². The molecule has 1 aromatic carbocycles. The molecule has 0 aliphatic rings. The van der Waals surface area contributed by atoms with Crippen molar-refractivity contribution < 1.29 is 8.42 Å². The molecule has 108 valence electrons. The molecule has 3 aromatic rings. The summed E-state index contributed by atoms with van der Waals surface area (Å²) in [5.41, 5.74) is 1.93. The molecule has 0 amide bonds. The van der Waals surface area contributed by atoms with E-state index in [1.807, 2.05) is 16.1 Å². The predicted molar refractivity (Wildman–Crippen MR) is 80.3 cm³/mol. The molecule has 0 aliphatic heterocycles. The molecule has 0 aliphatic carbocycles. The fraction of sp³-hybridized carbons (Fsp3) is 0.0769. The van der Waals surface area contributed by atoms with Crippen LogP contribution < -0.4 is 5.14 Å². The van der Waals surface area contributed by atoms with E-state index in [-0.39, 0.29) is 4.90 Å². The number of nitrogens with two attached hydrogens (primary N) is 1. The van der Waals surface area contributed by atoms with Crippen LogP contribution in [0.25, 0.3) is 11.4 Å². The first-order chi connectivity index (χ1) is 10.0. The molecule has 0 radical (unpaired) electrons. The summed E-state index contributed by atoms with van der Waals surface area (Å²) in [7, 11) is -3.65. The average molecular weight is 320 g/mol. The number of rotatable bonds is 4. The predicted octanol–water partition coefficient (Wildman–Crippen LogP) is 1.70. The number of primary sulfonamides is 1. The van der Waals surface area contributed by atoms with Gasteiger partial charge in [-0.25, -0.2) is 22.9 Å². The molecule has 0 spiro atoms. The lowest BCUT2D eigenvalue weighted by Crippen LogP contribution is -2.12. The minimum atomic E-state index is -3.65. The highest BCUT2D eigenvalue weighted by Crippen LogP contribution is 2.19. The molecular weight excluding hydrogens is 308 g/mol. The molecule has 21 heavy (non-hydrogen) atoms. The van der Waals surface area contributed by atoms with Crippen molar-refractivity contribution in [3.63, 3.8) is 0 Å². The number of sulfonamides is 1. The maximum absolute atomic E-state index is 11.2. The second-order valence-electron chi connectivity index (χ2n) is 4.48. The number of hydrogen-bond acceptors (Lipinski definition) is 5. The van der Waals surface area contributed by atoms with Gasteiger partial charge in [0.25, 0.3) is 0 Å². The zero-order valence-corrected chi connectivity index (χ0v) is 12.5. The van der Waals surface area contributed by atoms with Crippen LogP contribution in [0.3, 0.4) is 0 Å². The van der Waals surface area contributed by atoms with Crippen molar-refractivity contribution >= 4 is 21.6 Å². The fourth-order valence-electron chi connectivity index (χ4n) is 1.99. The van der Waals surface area contributed by atoms with E-state index in [9.17, 15) is 8.42 Å². The molecule has 3 rings (SSSR count). The van der Waals surface area contributed by atoms with Crippen LogP contribution in [0.15, 0.2) is 53.1 Å². The van der Waals surface area contributed by atoms with Crippen LogP contribution in [-0.4, -0.2) is 22.3 Å². The Kier molecular flexibility index (Phi) is 3.58. The molecule has 0 saturated carbocycles. The molecule has 0 fully saturated rings. The van der Waals surface area contributed by atoms with Gasteiger partial charge in [0.1, 0.15) is 5.82 Å². The third kappa shape index (κ3) is 3.02. The van der Waals surface area contributed by atoms with E-state index in [0.717, 1.165) is 17.0 Å². The Balaban J connectivity index is 1.87. The van der Waals surface area contributed by atoms with Crippen LogP contribution in [0.2, 0.25) is 0 Å². The highest BCUT2D eigenvalue weighted by molar-refractivity contribution is 7.89. The summed E-state index contributed by atoms with van der Waals surface area (Å²) in [4.78, 5) is 4.44. The number of nitrogens with zero attached hydrogens (tertiary/aromatic N) is 3. The third-order valence-electron chi connectivity index (χ3n) is 3.01. The second-order valence-corrected chi connectivity index (χ2v) is 6.70. The number of imidazole rings is 1. The van der Waals surface area contributed by atoms with Crippen LogP contribution in [0.4, 0.5) is 0 Å². The SMILES string of the molecule is NS(=O)(=O)c1ccc(Cn2ccnc2-c2cnsc2)cc1. The summed E-state index contributed by atoms with van der Waals surface area (Å²) < 4.78 is 28.5. The third-order valence-corrected chi connectivity index (χ3v) is 4.53. The zero-order chi connectivity index (χ0) is 14.9. The summed E-state index contributed by atoms with van der Waals surface area (Å²) in [5, 5.41) is 7.02. The van der Waals surface area contributed by atoms with Gasteiger partial charge >= 0.3 is 0 Å². The van der Waals surface area contributed by atoms with E-state index in [4.69, 9.17) is 5.14 Å². The summed E-state index contributed by atoms with van der Waals surface area (Å²) in [6.07, 6.45) is 5.37. The molecule has 0 unspecified atom stereocenters. The van der Waals surface area contributed by atoms with Crippen molar-refractivity contribution in [3.05, 3.63) is 53.8 Å². The quantitative estimate of drug-likeness (QED) is 0.792. The first-order valence-corrected chi connectivity index (χ1v) is 8.45. The van der Waals surface area contributed by atoms with E-state index < -0.39 is 10.0 Å². The number of hydrogen-bond donors (Lipinski definition) is 1. The van der Waals surface area contributed by atoms with E-state index in [1.54, 1.807) is 24.5 Å². The normalized spacial score (nSPS) is 11.7. The van der Waals surface area contributed by atoms with Gasteiger partial charge in [0.2, 0.25) is 10.0 Å². The van der Waals surface area contributed by atoms with Crippen LogP contribution in [0, 0.1) is 0 Å². The molecule has 6 nitrogen and oxygen atoms in total. The van der Waals surface area contributed by atoms with Crippen LogP contribution in [-0.2, 0) is 16.6 Å². The van der Waals surface area contributed by atoms with Crippen molar-refractivity contribution in [1.29, 1.82) is 0 Å². The largest absolute Gasteiger partial charge is 0.326 e. The Labute approximate surface area is 126 Å². The lowest BCUT2D eigenvalue weighted by molar-refractivity contribution is 0.597. The Morgan fingerprint density at radius 2 is 2.00 bits per heavy atom. The highest BCUT2D eigenvalue weighted by atomic mass is 32.2. The van der Waals surface area contributed by atoms with Crippen molar-refractivity contribution in [2.75, 3.05) is 0 Å². The van der Waals surface area contributed by atoms with Gasteiger partial charge in [0.05, 0.1) is 11.1 Å². The highest BCUT2D eigenvalue weighted by Gasteiger charge is 2.09. The van der Waals surface area contributed by atoms with Crippen molar-refractivity contribution in [2.24, 2.45) is 5.14 Å². The molecule has 2 heterocycles. The minimum Gasteiger partial charge on any atom is -0.326 e. The molecule has 0 saturated heterocycles. The summed E-state index contributed by atoms with van der Waals surface area (Å²) >= 11 is 1.37. The number of aromatic nitrogens is 3. The van der Waals surface area contributed by atoms with Gasteiger partial charge in [-0.2, -0.15) is 0 Å². The van der Waals surface area contributed by atoms with Crippen molar-refractivity contribution in [3.8, 4) is 11.4 Å². The molecule has 0 bridgehead atoms. The van der Waals surface area contributed by atoms with Crippen molar-refractivity contribution in [1.82, 2.24) is 13.9 Å². The maximum Gasteiger partial charge on any atom is 0.238 e. The number of benzene rings is 1. The fourth-order valence-corrected chi connectivity index (χ4v) is 3.02. The zero-order valence-electron chi connectivity index (χ0n) is 10.9. The van der Waals surface area contributed by atoms with Crippen LogP contribution >= 0.6 is 11.5 Å². The summed E-state index contributed by atoms with van der Waals surface area (Å²) in [6.45, 7) is 0.593. The van der Waals surface area contributed by atoms with Crippen molar-refractivity contribution in [2.45, 2.75) is 11.4 Å². The molecular formula is C13H12N4O2S2. The summed E-state index contributed by atoms with van der Waals surface area (Å²) in [6, 6.07) is 6.51. The van der Waals surface area contributed by atoms with Gasteiger partial charge < -0.3 is 4.57 Å². The van der Waals surface area contributed by atoms with Gasteiger partial charge in [0.15, 0.2) is 0 Å². The minimum absolute atomic E-state index is 0.110. The second kappa shape index (κ2) is 5.40. The van der Waals surface area contributed by atoms with E-state index in [2.05, 4.69) is 9.36 Å².